The second-order valence-electron chi connectivity index (χ2n) is 2.86. The Balaban J connectivity index is 2.89. The highest BCUT2D eigenvalue weighted by Crippen LogP contribution is 2.24. The molecule has 82 valence electrons. The van der Waals surface area contributed by atoms with E-state index in [2.05, 4.69) is 4.74 Å². The summed E-state index contributed by atoms with van der Waals surface area (Å²) in [5, 5.41) is 27.8. The lowest BCUT2D eigenvalue weighted by Gasteiger charge is -2.33. The Morgan fingerprint density at radius 3 is 2.50 bits per heavy atom. The molecule has 14 heavy (non-hydrogen) atoms. The molecule has 3 N–H and O–H groups in total. The maximum Gasteiger partial charge on any atom is 0.321 e. The monoisotopic (exact) mass is 206 g/mol. The number of rotatable bonds is 3. The van der Waals surface area contributed by atoms with Crippen LogP contribution in [0.2, 0.25) is 0 Å². The van der Waals surface area contributed by atoms with Gasteiger partial charge in [-0.1, -0.05) is 0 Å². The van der Waals surface area contributed by atoms with Crippen LogP contribution in [0.3, 0.4) is 0 Å². The second-order valence-corrected chi connectivity index (χ2v) is 2.86. The molecule has 1 aliphatic heterocycles. The van der Waals surface area contributed by atoms with Gasteiger partial charge in [-0.2, -0.15) is 0 Å². The van der Waals surface area contributed by atoms with Gasteiger partial charge in [-0.3, -0.25) is 0 Å². The van der Waals surface area contributed by atoms with Crippen molar-refractivity contribution in [3.05, 3.63) is 11.7 Å². The van der Waals surface area contributed by atoms with Crippen LogP contribution in [-0.4, -0.2) is 54.5 Å². The van der Waals surface area contributed by atoms with Crippen molar-refractivity contribution in [3.63, 3.8) is 0 Å². The molecule has 1 heterocycles. The Morgan fingerprint density at radius 1 is 1.43 bits per heavy atom. The SMILES string of the molecule is COC1=C(O)C(O)[C@H](OC)[C@@H](CO)O1. The molecule has 6 heteroatoms. The lowest BCUT2D eigenvalue weighted by molar-refractivity contribution is -0.154. The van der Waals surface area contributed by atoms with Crippen molar-refractivity contribution in [1.29, 1.82) is 0 Å². The third-order valence-corrected chi connectivity index (χ3v) is 2.06. The van der Waals surface area contributed by atoms with Gasteiger partial charge in [0.25, 0.3) is 0 Å². The Hall–Kier alpha value is -0.980. The molecular formula is C8H14O6. The standard InChI is InChI=1S/C8H14O6/c1-12-7-4(3-9)14-8(13-2)6(11)5(7)10/h4-5,7,9-11H,3H2,1-2H3/t4-,5?,7-/m1/s1. The molecule has 0 aromatic rings. The molecule has 0 fully saturated rings. The van der Waals surface area contributed by atoms with Crippen molar-refractivity contribution in [2.24, 2.45) is 0 Å². The highest BCUT2D eigenvalue weighted by atomic mass is 16.7. The summed E-state index contributed by atoms with van der Waals surface area (Å²) in [5.74, 6) is -0.617. The molecule has 1 aliphatic rings. The van der Waals surface area contributed by atoms with E-state index < -0.39 is 24.1 Å². The van der Waals surface area contributed by atoms with Crippen molar-refractivity contribution in [2.45, 2.75) is 18.3 Å². The molecule has 0 saturated carbocycles. The van der Waals surface area contributed by atoms with Crippen LogP contribution < -0.4 is 0 Å². The van der Waals surface area contributed by atoms with Crippen LogP contribution in [-0.2, 0) is 14.2 Å². The summed E-state index contributed by atoms with van der Waals surface area (Å²) < 4.78 is 14.6. The first-order chi connectivity index (χ1) is 6.65. The van der Waals surface area contributed by atoms with E-state index in [0.717, 1.165) is 0 Å². The summed E-state index contributed by atoms with van der Waals surface area (Å²) in [7, 11) is 2.64. The zero-order chi connectivity index (χ0) is 10.7. The largest absolute Gasteiger partial charge is 0.504 e. The third-order valence-electron chi connectivity index (χ3n) is 2.06. The van der Waals surface area contributed by atoms with Crippen LogP contribution in [0.15, 0.2) is 11.7 Å². The molecule has 0 aromatic carbocycles. The Labute approximate surface area is 81.3 Å². The molecule has 0 aliphatic carbocycles. The Morgan fingerprint density at radius 2 is 2.07 bits per heavy atom. The lowest BCUT2D eigenvalue weighted by Crippen LogP contribution is -2.47. The van der Waals surface area contributed by atoms with Gasteiger partial charge in [0.15, 0.2) is 6.10 Å². The number of methoxy groups -OCH3 is 2. The fourth-order valence-electron chi connectivity index (χ4n) is 1.32. The second kappa shape index (κ2) is 4.50. The van der Waals surface area contributed by atoms with E-state index >= 15 is 0 Å². The van der Waals surface area contributed by atoms with Gasteiger partial charge in [-0.25, -0.2) is 0 Å². The number of hydrogen-bond donors (Lipinski definition) is 3. The van der Waals surface area contributed by atoms with Gasteiger partial charge in [0, 0.05) is 7.11 Å². The van der Waals surface area contributed by atoms with E-state index in [1.54, 1.807) is 0 Å². The maximum absolute atomic E-state index is 9.54. The van der Waals surface area contributed by atoms with E-state index in [-0.39, 0.29) is 12.6 Å². The van der Waals surface area contributed by atoms with Gasteiger partial charge in [0.05, 0.1) is 13.7 Å². The van der Waals surface area contributed by atoms with Crippen LogP contribution >= 0.6 is 0 Å². The predicted molar refractivity (Wildman–Crippen MR) is 45.4 cm³/mol. The molecule has 0 spiro atoms. The molecule has 3 atom stereocenters. The molecule has 1 unspecified atom stereocenters. The normalized spacial score (nSPS) is 32.7. The van der Waals surface area contributed by atoms with E-state index in [0.29, 0.717) is 0 Å². The summed E-state index contributed by atoms with van der Waals surface area (Å²) in [6.07, 6.45) is -2.81. The number of aliphatic hydroxyl groups excluding tert-OH is 3. The highest BCUT2D eigenvalue weighted by molar-refractivity contribution is 5.08. The Kier molecular flexibility index (Phi) is 3.56. The van der Waals surface area contributed by atoms with E-state index in [1.807, 2.05) is 0 Å². The van der Waals surface area contributed by atoms with Crippen molar-refractivity contribution >= 4 is 0 Å². The first kappa shape index (κ1) is 11.1. The third kappa shape index (κ3) is 1.77. The topological polar surface area (TPSA) is 88.4 Å². The van der Waals surface area contributed by atoms with Crippen LogP contribution in [0.4, 0.5) is 0 Å². The zero-order valence-corrected chi connectivity index (χ0v) is 8.01. The van der Waals surface area contributed by atoms with Crippen LogP contribution in [0, 0.1) is 0 Å². The summed E-state index contributed by atoms with van der Waals surface area (Å²) in [4.78, 5) is 0. The van der Waals surface area contributed by atoms with Gasteiger partial charge in [0.1, 0.15) is 12.2 Å². The van der Waals surface area contributed by atoms with Crippen molar-refractivity contribution in [3.8, 4) is 0 Å². The van der Waals surface area contributed by atoms with Crippen LogP contribution in [0.25, 0.3) is 0 Å². The van der Waals surface area contributed by atoms with Crippen molar-refractivity contribution < 1.29 is 29.5 Å². The first-order valence-corrected chi connectivity index (χ1v) is 4.11. The molecule has 0 amide bonds. The number of aliphatic hydroxyl groups is 3. The number of ether oxygens (including phenoxy) is 3. The summed E-state index contributed by atoms with van der Waals surface area (Å²) in [5.41, 5.74) is 0. The van der Waals surface area contributed by atoms with Gasteiger partial charge >= 0.3 is 5.95 Å². The smallest absolute Gasteiger partial charge is 0.321 e. The van der Waals surface area contributed by atoms with Gasteiger partial charge in [0.2, 0.25) is 5.76 Å². The minimum Gasteiger partial charge on any atom is -0.504 e. The summed E-state index contributed by atoms with van der Waals surface area (Å²) >= 11 is 0. The number of hydrogen-bond acceptors (Lipinski definition) is 6. The van der Waals surface area contributed by atoms with Crippen molar-refractivity contribution in [2.75, 3.05) is 20.8 Å². The summed E-state index contributed by atoms with van der Waals surface area (Å²) in [6, 6.07) is 0. The lowest BCUT2D eigenvalue weighted by atomic mass is 10.0. The Bertz CT molecular complexity index is 226. The highest BCUT2D eigenvalue weighted by Gasteiger charge is 2.40. The molecule has 0 saturated heterocycles. The predicted octanol–water partition coefficient (Wildman–Crippen LogP) is -0.873. The van der Waals surface area contributed by atoms with E-state index in [4.69, 9.17) is 14.6 Å². The van der Waals surface area contributed by atoms with Crippen LogP contribution in [0.1, 0.15) is 0 Å². The van der Waals surface area contributed by atoms with Gasteiger partial charge in [-0.15, -0.1) is 0 Å². The van der Waals surface area contributed by atoms with E-state index in [9.17, 15) is 10.2 Å². The molecule has 0 radical (unpaired) electrons. The minimum absolute atomic E-state index is 0.190. The van der Waals surface area contributed by atoms with Gasteiger partial charge < -0.3 is 29.5 Å². The average Bonchev–Trinajstić information content (AvgIpc) is 2.21. The fraction of sp³-hybridized carbons (Fsp3) is 0.750. The molecule has 0 aromatic heterocycles. The van der Waals surface area contributed by atoms with Crippen LogP contribution in [0.5, 0.6) is 0 Å². The molecule has 0 bridgehead atoms. The van der Waals surface area contributed by atoms with Gasteiger partial charge in [-0.05, 0) is 0 Å². The van der Waals surface area contributed by atoms with E-state index in [1.165, 1.54) is 14.2 Å². The van der Waals surface area contributed by atoms with Crippen molar-refractivity contribution in [1.82, 2.24) is 0 Å². The first-order valence-electron chi connectivity index (χ1n) is 4.11. The zero-order valence-electron chi connectivity index (χ0n) is 8.01. The molecule has 6 nitrogen and oxygen atoms in total. The summed E-state index contributed by atoms with van der Waals surface area (Å²) in [6.45, 7) is -0.338. The fourth-order valence-corrected chi connectivity index (χ4v) is 1.32. The molecular weight excluding hydrogens is 192 g/mol. The minimum atomic E-state index is -1.25. The average molecular weight is 206 g/mol. The maximum atomic E-state index is 9.54. The molecule has 1 rings (SSSR count). The quantitative estimate of drug-likeness (QED) is 0.556.